The molecule has 1 unspecified atom stereocenters. The molecule has 0 bridgehead atoms. The molecule has 0 aliphatic rings. The lowest BCUT2D eigenvalue weighted by Gasteiger charge is -2.03. The molecule has 0 fully saturated rings. The molecular weight excluding hydrogens is 144 g/mol. The van der Waals surface area contributed by atoms with Gasteiger partial charge in [0.05, 0.1) is 6.61 Å². The lowest BCUT2D eigenvalue weighted by molar-refractivity contribution is -0.112. The summed E-state index contributed by atoms with van der Waals surface area (Å²) < 4.78 is 5.10. The van der Waals surface area contributed by atoms with Crippen LogP contribution in [0.3, 0.4) is 0 Å². The van der Waals surface area contributed by atoms with Gasteiger partial charge in [-0.3, -0.25) is 0 Å². The van der Waals surface area contributed by atoms with Gasteiger partial charge < -0.3 is 14.3 Å². The first-order valence-corrected chi connectivity index (χ1v) is 3.78. The van der Waals surface area contributed by atoms with Gasteiger partial charge in [-0.2, -0.15) is 0 Å². The van der Waals surface area contributed by atoms with E-state index < -0.39 is 0 Å². The van der Waals surface area contributed by atoms with E-state index >= 15 is 0 Å². The van der Waals surface area contributed by atoms with Gasteiger partial charge in [0.1, 0.15) is 12.6 Å². The molecule has 0 aromatic rings. The van der Waals surface area contributed by atoms with Crippen molar-refractivity contribution >= 4 is 12.6 Å². The quantitative estimate of drug-likeness (QED) is 0.407. The van der Waals surface area contributed by atoms with Crippen LogP contribution in [-0.4, -0.2) is 25.8 Å². The van der Waals surface area contributed by atoms with Crippen LogP contribution in [0.15, 0.2) is 0 Å². The number of rotatable bonds is 7. The lowest BCUT2D eigenvalue weighted by Crippen LogP contribution is -2.07. The predicted octanol–water partition coefficient (Wildman–Crippen LogP) is 0.817. The predicted molar refractivity (Wildman–Crippen MR) is 41.3 cm³/mol. The molecule has 0 rings (SSSR count). The maximum atomic E-state index is 10.1. The van der Waals surface area contributed by atoms with Gasteiger partial charge in [0, 0.05) is 18.9 Å². The van der Waals surface area contributed by atoms with Crippen molar-refractivity contribution in [3.8, 4) is 0 Å². The van der Waals surface area contributed by atoms with Crippen LogP contribution in [0.4, 0.5) is 0 Å². The standard InChI is InChI=1S/C8H14O3/c1-8(6-10)7-11-5-3-2-4-9/h4,6,8H,2-3,5,7H2,1H3. The zero-order valence-corrected chi connectivity index (χ0v) is 6.79. The third kappa shape index (κ3) is 7.19. The summed E-state index contributed by atoms with van der Waals surface area (Å²) >= 11 is 0. The van der Waals surface area contributed by atoms with Gasteiger partial charge in [-0.05, 0) is 6.42 Å². The lowest BCUT2D eigenvalue weighted by atomic mass is 10.2. The molecule has 3 nitrogen and oxygen atoms in total. The molecule has 0 N–H and O–H groups in total. The topological polar surface area (TPSA) is 43.4 Å². The molecule has 0 amide bonds. The summed E-state index contributed by atoms with van der Waals surface area (Å²) in [6.45, 7) is 2.83. The molecule has 64 valence electrons. The zero-order chi connectivity index (χ0) is 8.53. The Morgan fingerprint density at radius 3 is 2.73 bits per heavy atom. The number of aldehydes is 2. The Balaban J connectivity index is 3.01. The van der Waals surface area contributed by atoms with Crippen LogP contribution in [0.1, 0.15) is 19.8 Å². The Labute approximate surface area is 66.7 Å². The van der Waals surface area contributed by atoms with E-state index in [1.807, 2.05) is 0 Å². The van der Waals surface area contributed by atoms with Crippen molar-refractivity contribution < 1.29 is 14.3 Å². The summed E-state index contributed by atoms with van der Waals surface area (Å²) in [6, 6.07) is 0. The molecule has 0 saturated carbocycles. The molecule has 0 aliphatic carbocycles. The first kappa shape index (κ1) is 10.3. The second-order valence-electron chi connectivity index (χ2n) is 2.50. The van der Waals surface area contributed by atoms with E-state index in [1.54, 1.807) is 6.92 Å². The first-order chi connectivity index (χ1) is 5.31. The molecule has 0 aliphatic heterocycles. The van der Waals surface area contributed by atoms with Gasteiger partial charge in [0.25, 0.3) is 0 Å². The minimum absolute atomic E-state index is 0.0359. The fourth-order valence-corrected chi connectivity index (χ4v) is 0.577. The molecule has 0 radical (unpaired) electrons. The average Bonchev–Trinajstić information content (AvgIpc) is 2.04. The van der Waals surface area contributed by atoms with Gasteiger partial charge in [-0.25, -0.2) is 0 Å². The number of carbonyl (C=O) groups is 2. The van der Waals surface area contributed by atoms with Crippen molar-refractivity contribution in [2.24, 2.45) is 5.92 Å². The van der Waals surface area contributed by atoms with Gasteiger partial charge in [0.2, 0.25) is 0 Å². The monoisotopic (exact) mass is 158 g/mol. The van der Waals surface area contributed by atoms with Crippen LogP contribution in [0.25, 0.3) is 0 Å². The fraction of sp³-hybridized carbons (Fsp3) is 0.750. The van der Waals surface area contributed by atoms with E-state index in [9.17, 15) is 9.59 Å². The highest BCUT2D eigenvalue weighted by molar-refractivity contribution is 5.52. The molecule has 0 saturated heterocycles. The number of hydrogen-bond acceptors (Lipinski definition) is 3. The highest BCUT2D eigenvalue weighted by atomic mass is 16.5. The Morgan fingerprint density at radius 1 is 1.45 bits per heavy atom. The van der Waals surface area contributed by atoms with Crippen LogP contribution < -0.4 is 0 Å². The Hall–Kier alpha value is -0.700. The van der Waals surface area contributed by atoms with Crippen LogP contribution in [-0.2, 0) is 14.3 Å². The Morgan fingerprint density at radius 2 is 2.18 bits per heavy atom. The summed E-state index contributed by atoms with van der Waals surface area (Å²) in [6.07, 6.45) is 3.01. The van der Waals surface area contributed by atoms with Gasteiger partial charge in [-0.15, -0.1) is 0 Å². The van der Waals surface area contributed by atoms with E-state index in [2.05, 4.69) is 0 Å². The molecular formula is C8H14O3. The molecule has 0 spiro atoms. The van der Waals surface area contributed by atoms with Crippen LogP contribution in [0, 0.1) is 5.92 Å². The molecule has 1 atom stereocenters. The summed E-state index contributed by atoms with van der Waals surface area (Å²) in [5.41, 5.74) is 0. The molecule has 0 heterocycles. The highest BCUT2D eigenvalue weighted by Crippen LogP contribution is 1.92. The third-order valence-electron chi connectivity index (χ3n) is 1.22. The smallest absolute Gasteiger partial charge is 0.125 e. The third-order valence-corrected chi connectivity index (χ3v) is 1.22. The average molecular weight is 158 g/mol. The molecule has 11 heavy (non-hydrogen) atoms. The number of unbranched alkanes of at least 4 members (excludes halogenated alkanes) is 1. The second-order valence-corrected chi connectivity index (χ2v) is 2.50. The summed E-state index contributed by atoms with van der Waals surface area (Å²) in [5, 5.41) is 0. The Kier molecular flexibility index (Phi) is 6.94. The van der Waals surface area contributed by atoms with Gasteiger partial charge in [0.15, 0.2) is 0 Å². The van der Waals surface area contributed by atoms with Crippen LogP contribution in [0.2, 0.25) is 0 Å². The van der Waals surface area contributed by atoms with Crippen molar-refractivity contribution in [3.05, 3.63) is 0 Å². The summed E-state index contributed by atoms with van der Waals surface area (Å²) in [5.74, 6) is -0.0359. The van der Waals surface area contributed by atoms with Crippen molar-refractivity contribution in [2.45, 2.75) is 19.8 Å². The SMILES string of the molecule is CC(C=O)COCCCC=O. The van der Waals surface area contributed by atoms with Crippen LogP contribution >= 0.6 is 0 Å². The van der Waals surface area contributed by atoms with Gasteiger partial charge in [-0.1, -0.05) is 6.92 Å². The van der Waals surface area contributed by atoms with Crippen molar-refractivity contribution in [1.82, 2.24) is 0 Å². The minimum atomic E-state index is -0.0359. The number of ether oxygens (including phenoxy) is 1. The van der Waals surface area contributed by atoms with Gasteiger partial charge >= 0.3 is 0 Å². The van der Waals surface area contributed by atoms with E-state index in [1.165, 1.54) is 0 Å². The fourth-order valence-electron chi connectivity index (χ4n) is 0.577. The summed E-state index contributed by atoms with van der Waals surface area (Å²) in [4.78, 5) is 19.9. The second kappa shape index (κ2) is 7.41. The summed E-state index contributed by atoms with van der Waals surface area (Å²) in [7, 11) is 0. The van der Waals surface area contributed by atoms with E-state index in [0.717, 1.165) is 19.0 Å². The van der Waals surface area contributed by atoms with Crippen molar-refractivity contribution in [1.29, 1.82) is 0 Å². The van der Waals surface area contributed by atoms with Crippen molar-refractivity contribution in [2.75, 3.05) is 13.2 Å². The largest absolute Gasteiger partial charge is 0.381 e. The first-order valence-electron chi connectivity index (χ1n) is 3.78. The van der Waals surface area contributed by atoms with Crippen LogP contribution in [0.5, 0.6) is 0 Å². The maximum Gasteiger partial charge on any atom is 0.125 e. The van der Waals surface area contributed by atoms with E-state index in [0.29, 0.717) is 19.6 Å². The normalized spacial score (nSPS) is 12.5. The maximum absolute atomic E-state index is 10.1. The molecule has 3 heteroatoms. The molecule has 0 aromatic heterocycles. The molecule has 0 aromatic carbocycles. The number of hydrogen-bond donors (Lipinski definition) is 0. The van der Waals surface area contributed by atoms with Crippen molar-refractivity contribution in [3.63, 3.8) is 0 Å². The number of carbonyl (C=O) groups excluding carboxylic acids is 2. The highest BCUT2D eigenvalue weighted by Gasteiger charge is 1.97. The van der Waals surface area contributed by atoms with E-state index in [4.69, 9.17) is 4.74 Å². The minimum Gasteiger partial charge on any atom is -0.381 e. The zero-order valence-electron chi connectivity index (χ0n) is 6.79. The van der Waals surface area contributed by atoms with E-state index in [-0.39, 0.29) is 5.92 Å². The Bertz CT molecular complexity index is 112.